The van der Waals surface area contributed by atoms with Gasteiger partial charge < -0.3 is 14.8 Å². The average molecular weight is 277 g/mol. The van der Waals surface area contributed by atoms with Crippen LogP contribution in [0.5, 0.6) is 0 Å². The van der Waals surface area contributed by atoms with Gasteiger partial charge in [0.1, 0.15) is 0 Å². The van der Waals surface area contributed by atoms with E-state index in [0.717, 1.165) is 26.0 Å². The summed E-state index contributed by atoms with van der Waals surface area (Å²) < 4.78 is 11.7. The molecule has 112 valence electrons. The first-order valence-electron chi connectivity index (χ1n) is 7.80. The molecule has 0 fully saturated rings. The van der Waals surface area contributed by atoms with Crippen molar-refractivity contribution in [1.82, 2.24) is 5.32 Å². The van der Waals surface area contributed by atoms with Crippen LogP contribution in [-0.4, -0.2) is 32.0 Å². The van der Waals surface area contributed by atoms with Crippen molar-refractivity contribution in [2.75, 3.05) is 19.8 Å². The van der Waals surface area contributed by atoms with Crippen molar-refractivity contribution < 1.29 is 9.47 Å². The number of hydrogen-bond donors (Lipinski definition) is 1. The van der Waals surface area contributed by atoms with E-state index in [1.807, 2.05) is 6.92 Å². The van der Waals surface area contributed by atoms with Gasteiger partial charge >= 0.3 is 0 Å². The first-order valence-corrected chi connectivity index (χ1v) is 7.80. The molecule has 0 amide bonds. The third kappa shape index (κ3) is 3.81. The Morgan fingerprint density at radius 2 is 2.10 bits per heavy atom. The lowest BCUT2D eigenvalue weighted by Gasteiger charge is -2.25. The summed E-state index contributed by atoms with van der Waals surface area (Å²) in [6, 6.07) is 8.98. The Morgan fingerprint density at radius 3 is 2.85 bits per heavy atom. The van der Waals surface area contributed by atoms with Gasteiger partial charge in [-0.05, 0) is 37.9 Å². The van der Waals surface area contributed by atoms with E-state index in [0.29, 0.717) is 12.6 Å². The Bertz CT molecular complexity index is 408. The summed E-state index contributed by atoms with van der Waals surface area (Å²) >= 11 is 0. The van der Waals surface area contributed by atoms with Crippen LogP contribution in [-0.2, 0) is 15.9 Å². The van der Waals surface area contributed by atoms with Crippen molar-refractivity contribution >= 4 is 0 Å². The summed E-state index contributed by atoms with van der Waals surface area (Å²) in [6.07, 6.45) is 2.49. The first-order chi connectivity index (χ1) is 9.76. The van der Waals surface area contributed by atoms with Gasteiger partial charge in [0.25, 0.3) is 0 Å². The maximum absolute atomic E-state index is 6.22. The quantitative estimate of drug-likeness (QED) is 0.792. The van der Waals surface area contributed by atoms with Crippen molar-refractivity contribution in [3.05, 3.63) is 35.4 Å². The summed E-state index contributed by atoms with van der Waals surface area (Å²) in [7, 11) is 0. The molecule has 3 atom stereocenters. The molecule has 0 bridgehead atoms. The van der Waals surface area contributed by atoms with Crippen molar-refractivity contribution in [1.29, 1.82) is 0 Å². The molecule has 0 saturated carbocycles. The van der Waals surface area contributed by atoms with Crippen LogP contribution in [0.25, 0.3) is 0 Å². The van der Waals surface area contributed by atoms with Gasteiger partial charge in [0.15, 0.2) is 0 Å². The molecule has 3 heteroatoms. The molecule has 1 N–H and O–H groups in total. The molecule has 1 aromatic rings. The fourth-order valence-corrected chi connectivity index (χ4v) is 2.85. The van der Waals surface area contributed by atoms with Gasteiger partial charge in [0.05, 0.1) is 24.9 Å². The van der Waals surface area contributed by atoms with E-state index in [9.17, 15) is 0 Å². The van der Waals surface area contributed by atoms with Crippen molar-refractivity contribution in [2.45, 2.75) is 51.9 Å². The van der Waals surface area contributed by atoms with Crippen LogP contribution in [0.4, 0.5) is 0 Å². The Balaban J connectivity index is 2.01. The third-order valence-electron chi connectivity index (χ3n) is 3.76. The maximum atomic E-state index is 6.22. The smallest absolute Gasteiger partial charge is 0.0814 e. The third-order valence-corrected chi connectivity index (χ3v) is 3.76. The molecular formula is C17H27NO2. The van der Waals surface area contributed by atoms with Crippen molar-refractivity contribution in [3.63, 3.8) is 0 Å². The predicted octanol–water partition coefficient (Wildman–Crippen LogP) is 3.09. The van der Waals surface area contributed by atoms with Crippen LogP contribution in [0.15, 0.2) is 24.3 Å². The predicted molar refractivity (Wildman–Crippen MR) is 82.0 cm³/mol. The summed E-state index contributed by atoms with van der Waals surface area (Å²) in [5.74, 6) is 0. The van der Waals surface area contributed by atoms with Gasteiger partial charge in [-0.15, -0.1) is 0 Å². The van der Waals surface area contributed by atoms with Crippen molar-refractivity contribution in [3.8, 4) is 0 Å². The summed E-state index contributed by atoms with van der Waals surface area (Å²) in [5.41, 5.74) is 2.81. The second kappa shape index (κ2) is 7.77. The van der Waals surface area contributed by atoms with E-state index in [4.69, 9.17) is 9.47 Å². The lowest BCUT2D eigenvalue weighted by molar-refractivity contribution is -0.0551. The molecule has 1 aliphatic rings. The number of nitrogens with one attached hydrogen (secondary N) is 1. The summed E-state index contributed by atoms with van der Waals surface area (Å²) in [4.78, 5) is 0. The Hall–Kier alpha value is -0.900. The number of ether oxygens (including phenoxy) is 2. The van der Waals surface area contributed by atoms with Gasteiger partial charge in [-0.2, -0.15) is 0 Å². The van der Waals surface area contributed by atoms with E-state index in [-0.39, 0.29) is 12.2 Å². The highest BCUT2D eigenvalue weighted by Crippen LogP contribution is 2.33. The molecular weight excluding hydrogens is 250 g/mol. The van der Waals surface area contributed by atoms with Gasteiger partial charge in [-0.25, -0.2) is 0 Å². The summed E-state index contributed by atoms with van der Waals surface area (Å²) in [6.45, 7) is 8.75. The van der Waals surface area contributed by atoms with Crippen LogP contribution in [0, 0.1) is 0 Å². The molecule has 0 radical (unpaired) electrons. The standard InChI is InChI=1S/C17H27NO2/c1-4-10-18-17-15-9-7-6-8-14(15)11-16(17)20-13(3)12-19-5-2/h6-9,13,16-18H,4-5,10-12H2,1-3H3. The number of benzene rings is 1. The van der Waals surface area contributed by atoms with Gasteiger partial charge in [-0.3, -0.25) is 0 Å². The molecule has 1 aliphatic carbocycles. The highest BCUT2D eigenvalue weighted by atomic mass is 16.5. The van der Waals surface area contributed by atoms with Crippen LogP contribution < -0.4 is 5.32 Å². The lowest BCUT2D eigenvalue weighted by Crippen LogP contribution is -2.34. The van der Waals surface area contributed by atoms with Crippen molar-refractivity contribution in [2.24, 2.45) is 0 Å². The average Bonchev–Trinajstić information content (AvgIpc) is 2.80. The molecule has 0 aliphatic heterocycles. The molecule has 1 aromatic carbocycles. The first kappa shape index (κ1) is 15.5. The lowest BCUT2D eigenvalue weighted by atomic mass is 10.1. The Kier molecular flexibility index (Phi) is 6.02. The molecule has 0 aromatic heterocycles. The molecule has 0 saturated heterocycles. The Morgan fingerprint density at radius 1 is 1.30 bits per heavy atom. The van der Waals surface area contributed by atoms with Gasteiger partial charge in [0, 0.05) is 13.0 Å². The fourth-order valence-electron chi connectivity index (χ4n) is 2.85. The normalized spacial score (nSPS) is 22.8. The SMILES string of the molecule is CCCNC1c2ccccc2CC1OC(C)COCC. The van der Waals surface area contributed by atoms with Crippen LogP contribution in [0.2, 0.25) is 0 Å². The number of fused-ring (bicyclic) bond motifs is 1. The molecule has 20 heavy (non-hydrogen) atoms. The van der Waals surface area contributed by atoms with Gasteiger partial charge in [-0.1, -0.05) is 31.2 Å². The van der Waals surface area contributed by atoms with E-state index >= 15 is 0 Å². The minimum atomic E-state index is 0.139. The largest absolute Gasteiger partial charge is 0.379 e. The monoisotopic (exact) mass is 277 g/mol. The minimum absolute atomic E-state index is 0.139. The molecule has 2 rings (SSSR count). The van der Waals surface area contributed by atoms with E-state index in [1.165, 1.54) is 11.1 Å². The maximum Gasteiger partial charge on any atom is 0.0814 e. The summed E-state index contributed by atoms with van der Waals surface area (Å²) in [5, 5.41) is 3.63. The van der Waals surface area contributed by atoms with Crippen LogP contribution in [0.1, 0.15) is 44.4 Å². The van der Waals surface area contributed by atoms with E-state index in [2.05, 4.69) is 43.4 Å². The number of hydrogen-bond acceptors (Lipinski definition) is 3. The minimum Gasteiger partial charge on any atom is -0.379 e. The highest BCUT2D eigenvalue weighted by Gasteiger charge is 2.33. The van der Waals surface area contributed by atoms with E-state index < -0.39 is 0 Å². The second-order valence-corrected chi connectivity index (χ2v) is 5.48. The van der Waals surface area contributed by atoms with E-state index in [1.54, 1.807) is 0 Å². The molecule has 0 heterocycles. The fraction of sp³-hybridized carbons (Fsp3) is 0.647. The van der Waals surface area contributed by atoms with Crippen LogP contribution >= 0.6 is 0 Å². The molecule has 0 spiro atoms. The molecule has 3 nitrogen and oxygen atoms in total. The van der Waals surface area contributed by atoms with Crippen LogP contribution in [0.3, 0.4) is 0 Å². The number of rotatable bonds is 8. The topological polar surface area (TPSA) is 30.5 Å². The zero-order valence-corrected chi connectivity index (χ0v) is 12.9. The molecule has 3 unspecified atom stereocenters. The van der Waals surface area contributed by atoms with Gasteiger partial charge in [0.2, 0.25) is 0 Å². The highest BCUT2D eigenvalue weighted by molar-refractivity contribution is 5.36. The zero-order chi connectivity index (χ0) is 14.4. The zero-order valence-electron chi connectivity index (χ0n) is 12.9. The Labute approximate surface area is 122 Å². The second-order valence-electron chi connectivity index (χ2n) is 5.48.